The molecule has 0 fully saturated rings. The SMILES string of the molecule is CC1(C)c2cccc3c2-c2c4c1cccc4c(Br)c1cccc(c21)C3(C)C. The highest BCUT2D eigenvalue weighted by atomic mass is 79.9. The zero-order valence-electron chi connectivity index (χ0n) is 16.1. The van der Waals surface area contributed by atoms with Crippen molar-refractivity contribution in [2.45, 2.75) is 38.5 Å². The maximum atomic E-state index is 3.97. The summed E-state index contributed by atoms with van der Waals surface area (Å²) in [4.78, 5) is 0. The second-order valence-electron chi connectivity index (χ2n) is 9.12. The van der Waals surface area contributed by atoms with Crippen molar-refractivity contribution in [3.63, 3.8) is 0 Å². The van der Waals surface area contributed by atoms with Crippen LogP contribution in [0.2, 0.25) is 0 Å². The Hall–Kier alpha value is -2.12. The van der Waals surface area contributed by atoms with Crippen LogP contribution in [0.5, 0.6) is 0 Å². The summed E-state index contributed by atoms with van der Waals surface area (Å²) in [5.41, 5.74) is 8.73. The summed E-state index contributed by atoms with van der Waals surface area (Å²) in [7, 11) is 0. The predicted octanol–water partition coefficient (Wildman–Crippen LogP) is 7.70. The van der Waals surface area contributed by atoms with Crippen molar-refractivity contribution in [1.29, 1.82) is 0 Å². The van der Waals surface area contributed by atoms with Gasteiger partial charge in [0.25, 0.3) is 0 Å². The molecule has 0 spiro atoms. The van der Waals surface area contributed by atoms with E-state index in [2.05, 4.69) is 98.2 Å². The Kier molecular flexibility index (Phi) is 2.73. The molecule has 0 aromatic heterocycles. The van der Waals surface area contributed by atoms with Gasteiger partial charge in [0.05, 0.1) is 0 Å². The van der Waals surface area contributed by atoms with E-state index < -0.39 is 0 Å². The van der Waals surface area contributed by atoms with Crippen LogP contribution in [0.15, 0.2) is 59.1 Å². The van der Waals surface area contributed by atoms with E-state index in [1.165, 1.54) is 59.4 Å². The first kappa shape index (κ1) is 15.9. The largest absolute Gasteiger partial charge is 0.0616 e. The van der Waals surface area contributed by atoms with Crippen molar-refractivity contribution >= 4 is 37.5 Å². The minimum Gasteiger partial charge on any atom is -0.0616 e. The monoisotopic (exact) mass is 412 g/mol. The smallest absolute Gasteiger partial charge is 0.0332 e. The number of hydrogen-bond acceptors (Lipinski definition) is 0. The quantitative estimate of drug-likeness (QED) is 0.259. The van der Waals surface area contributed by atoms with Crippen molar-refractivity contribution in [3.05, 3.63) is 81.3 Å². The normalized spacial score (nSPS) is 17.7. The Bertz CT molecular complexity index is 1230. The number of rotatable bonds is 0. The fourth-order valence-corrected chi connectivity index (χ4v) is 6.39. The van der Waals surface area contributed by atoms with Crippen LogP contribution in [0, 0.1) is 0 Å². The molecule has 0 heterocycles. The molecule has 4 aromatic carbocycles. The lowest BCUT2D eigenvalue weighted by Crippen LogP contribution is -2.30. The average molecular weight is 413 g/mol. The van der Waals surface area contributed by atoms with E-state index in [0.717, 1.165) is 0 Å². The first-order valence-electron chi connectivity index (χ1n) is 9.67. The second kappa shape index (κ2) is 4.64. The summed E-state index contributed by atoms with van der Waals surface area (Å²) in [5.74, 6) is 0. The Labute approximate surface area is 168 Å². The van der Waals surface area contributed by atoms with Gasteiger partial charge in [-0.05, 0) is 70.9 Å². The van der Waals surface area contributed by atoms with Crippen LogP contribution in [-0.2, 0) is 10.8 Å². The topological polar surface area (TPSA) is 0 Å². The summed E-state index contributed by atoms with van der Waals surface area (Å²) in [6, 6.07) is 20.6. The fourth-order valence-electron chi connectivity index (χ4n) is 5.72. The molecule has 0 amide bonds. The third-order valence-corrected chi connectivity index (χ3v) is 7.96. The molecular weight excluding hydrogens is 392 g/mol. The molecule has 4 aromatic rings. The van der Waals surface area contributed by atoms with Crippen molar-refractivity contribution in [2.24, 2.45) is 0 Å². The van der Waals surface area contributed by atoms with Crippen molar-refractivity contribution in [3.8, 4) is 11.1 Å². The van der Waals surface area contributed by atoms with Crippen LogP contribution < -0.4 is 0 Å². The third-order valence-electron chi connectivity index (χ3n) is 7.11. The molecular formula is C26H21Br. The van der Waals surface area contributed by atoms with E-state index in [-0.39, 0.29) is 10.8 Å². The Morgan fingerprint density at radius 1 is 0.556 bits per heavy atom. The molecule has 1 heteroatoms. The highest BCUT2D eigenvalue weighted by Gasteiger charge is 2.42. The number of benzene rings is 4. The minimum atomic E-state index is -0.00661. The molecule has 132 valence electrons. The van der Waals surface area contributed by atoms with Gasteiger partial charge in [-0.25, -0.2) is 0 Å². The molecule has 2 aliphatic carbocycles. The summed E-state index contributed by atoms with van der Waals surface area (Å²) >= 11 is 3.97. The molecule has 0 aliphatic heterocycles. The summed E-state index contributed by atoms with van der Waals surface area (Å²) in [5, 5.41) is 5.54. The van der Waals surface area contributed by atoms with E-state index in [4.69, 9.17) is 0 Å². The number of hydrogen-bond donors (Lipinski definition) is 0. The minimum absolute atomic E-state index is 0.00661. The van der Waals surface area contributed by atoms with Crippen LogP contribution in [0.4, 0.5) is 0 Å². The zero-order valence-corrected chi connectivity index (χ0v) is 17.7. The maximum Gasteiger partial charge on any atom is 0.0332 e. The van der Waals surface area contributed by atoms with Crippen LogP contribution in [0.1, 0.15) is 49.9 Å². The van der Waals surface area contributed by atoms with Gasteiger partial charge < -0.3 is 0 Å². The average Bonchev–Trinajstić information content (AvgIpc) is 2.66. The van der Waals surface area contributed by atoms with Gasteiger partial charge in [0.2, 0.25) is 0 Å². The summed E-state index contributed by atoms with van der Waals surface area (Å²) in [6.45, 7) is 9.52. The van der Waals surface area contributed by atoms with Crippen molar-refractivity contribution in [2.75, 3.05) is 0 Å². The molecule has 0 saturated heterocycles. The lowest BCUT2D eigenvalue weighted by molar-refractivity contribution is 0.619. The Morgan fingerprint density at radius 2 is 0.963 bits per heavy atom. The highest BCUT2D eigenvalue weighted by Crippen LogP contribution is 2.59. The second-order valence-corrected chi connectivity index (χ2v) is 9.92. The van der Waals surface area contributed by atoms with Gasteiger partial charge in [-0.2, -0.15) is 0 Å². The van der Waals surface area contributed by atoms with Crippen LogP contribution >= 0.6 is 15.9 Å². The molecule has 2 aliphatic rings. The van der Waals surface area contributed by atoms with Crippen LogP contribution in [0.3, 0.4) is 0 Å². The van der Waals surface area contributed by atoms with Gasteiger partial charge in [-0.3, -0.25) is 0 Å². The molecule has 0 bridgehead atoms. The molecule has 27 heavy (non-hydrogen) atoms. The lowest BCUT2D eigenvalue weighted by Gasteiger charge is -2.43. The molecule has 0 radical (unpaired) electrons. The Balaban J connectivity index is 2.07. The highest BCUT2D eigenvalue weighted by molar-refractivity contribution is 9.10. The molecule has 0 nitrogen and oxygen atoms in total. The molecule has 0 saturated carbocycles. The lowest BCUT2D eigenvalue weighted by atomic mass is 9.60. The van der Waals surface area contributed by atoms with Crippen molar-refractivity contribution in [1.82, 2.24) is 0 Å². The standard InChI is InChI=1S/C26H21Br/c1-25(2)16-10-5-8-14-20(16)23-21-15(24(14)27)9-6-11-17(21)26(3,4)19-13-7-12-18(25)22(19)23/h5-13H,1-4H3. The van der Waals surface area contributed by atoms with Gasteiger partial charge in [0, 0.05) is 15.3 Å². The van der Waals surface area contributed by atoms with Crippen LogP contribution in [-0.4, -0.2) is 0 Å². The fraction of sp³-hybridized carbons (Fsp3) is 0.231. The predicted molar refractivity (Wildman–Crippen MR) is 119 cm³/mol. The molecule has 6 rings (SSSR count). The van der Waals surface area contributed by atoms with E-state index in [0.29, 0.717) is 0 Å². The molecule has 0 atom stereocenters. The van der Waals surface area contributed by atoms with Gasteiger partial charge in [-0.1, -0.05) is 82.3 Å². The van der Waals surface area contributed by atoms with E-state index in [9.17, 15) is 0 Å². The van der Waals surface area contributed by atoms with Gasteiger partial charge >= 0.3 is 0 Å². The summed E-state index contributed by atoms with van der Waals surface area (Å²) in [6.07, 6.45) is 0. The number of halogens is 1. The molecule has 0 unspecified atom stereocenters. The van der Waals surface area contributed by atoms with Gasteiger partial charge in [0.1, 0.15) is 0 Å². The Morgan fingerprint density at radius 3 is 1.44 bits per heavy atom. The maximum absolute atomic E-state index is 3.97. The van der Waals surface area contributed by atoms with Gasteiger partial charge in [0.15, 0.2) is 0 Å². The van der Waals surface area contributed by atoms with Crippen LogP contribution in [0.25, 0.3) is 32.7 Å². The first-order chi connectivity index (χ1) is 12.8. The first-order valence-corrected chi connectivity index (χ1v) is 10.5. The van der Waals surface area contributed by atoms with Gasteiger partial charge in [-0.15, -0.1) is 0 Å². The van der Waals surface area contributed by atoms with E-state index in [1.54, 1.807) is 0 Å². The van der Waals surface area contributed by atoms with E-state index in [1.807, 2.05) is 0 Å². The van der Waals surface area contributed by atoms with Crippen molar-refractivity contribution < 1.29 is 0 Å². The third kappa shape index (κ3) is 1.62. The van der Waals surface area contributed by atoms with E-state index >= 15 is 0 Å². The summed E-state index contributed by atoms with van der Waals surface area (Å²) < 4.78 is 1.23. The molecule has 0 N–H and O–H groups in total. The zero-order chi connectivity index (χ0) is 18.7.